The Morgan fingerprint density at radius 2 is 1.92 bits per heavy atom. The number of hydrogen-bond acceptors (Lipinski definition) is 5. The van der Waals surface area contributed by atoms with Gasteiger partial charge in [-0.2, -0.15) is 0 Å². The van der Waals surface area contributed by atoms with E-state index in [0.29, 0.717) is 16.4 Å². The van der Waals surface area contributed by atoms with Crippen LogP contribution in [-0.4, -0.2) is 24.9 Å². The van der Waals surface area contributed by atoms with E-state index in [2.05, 4.69) is 21.8 Å². The van der Waals surface area contributed by atoms with Crippen molar-refractivity contribution in [1.29, 1.82) is 0 Å². The largest absolute Gasteiger partial charge is 0.354 e. The zero-order chi connectivity index (χ0) is 18.9. The van der Waals surface area contributed by atoms with Gasteiger partial charge < -0.3 is 5.32 Å². The van der Waals surface area contributed by atoms with E-state index in [1.165, 1.54) is 11.9 Å². The van der Waals surface area contributed by atoms with Crippen LogP contribution in [0.3, 0.4) is 0 Å². The first kappa shape index (κ1) is 20.0. The van der Waals surface area contributed by atoms with E-state index in [0.717, 1.165) is 16.7 Å². The fourth-order valence-electron chi connectivity index (χ4n) is 2.21. The molecule has 2 aromatic rings. The summed E-state index contributed by atoms with van der Waals surface area (Å²) >= 11 is 7.11. The minimum Gasteiger partial charge on any atom is -0.354 e. The van der Waals surface area contributed by atoms with Crippen LogP contribution in [0, 0.1) is 0 Å². The molecule has 0 aliphatic carbocycles. The summed E-state index contributed by atoms with van der Waals surface area (Å²) < 4.78 is 4.24. The molecular weight excluding hydrogens is 370 g/mol. The summed E-state index contributed by atoms with van der Waals surface area (Å²) in [5.41, 5.74) is 6.23. The quantitative estimate of drug-likeness (QED) is 0.409. The lowest BCUT2D eigenvalue weighted by Crippen LogP contribution is -2.29. The van der Waals surface area contributed by atoms with Crippen molar-refractivity contribution in [3.63, 3.8) is 0 Å². The number of nitrogens with zero attached hydrogens (tertiary/aromatic N) is 1. The summed E-state index contributed by atoms with van der Waals surface area (Å²) in [6.45, 7) is 4.19. The van der Waals surface area contributed by atoms with Gasteiger partial charge in [0.1, 0.15) is 12.3 Å². The second-order valence-corrected chi connectivity index (χ2v) is 6.22. The fraction of sp³-hybridized carbons (Fsp3) is 0.158. The maximum Gasteiger partial charge on any atom is 0.270 e. The standard InChI is InChI=1S/C19H20ClN3O2S/c1-13(14-8-10-16(20)11-9-14)22-25-12-15-6-4-5-7-17(15)18(23-26-3)19(24)21-2/h4-11,22H,1,12H2,2-3H3,(H,21,24). The van der Waals surface area contributed by atoms with E-state index in [-0.39, 0.29) is 12.5 Å². The molecule has 0 heterocycles. The van der Waals surface area contributed by atoms with Crippen LogP contribution in [0.5, 0.6) is 0 Å². The highest BCUT2D eigenvalue weighted by Crippen LogP contribution is 2.16. The minimum atomic E-state index is -0.245. The summed E-state index contributed by atoms with van der Waals surface area (Å²) in [7, 11) is 1.58. The first-order valence-corrected chi connectivity index (χ1v) is 9.37. The molecule has 0 saturated heterocycles. The highest BCUT2D eigenvalue weighted by molar-refractivity contribution is 7.97. The van der Waals surface area contributed by atoms with Crippen LogP contribution >= 0.6 is 23.5 Å². The molecule has 0 radical (unpaired) electrons. The maximum atomic E-state index is 12.1. The monoisotopic (exact) mass is 389 g/mol. The predicted molar refractivity (Wildman–Crippen MR) is 109 cm³/mol. The molecule has 136 valence electrons. The zero-order valence-corrected chi connectivity index (χ0v) is 16.2. The molecule has 2 rings (SSSR count). The van der Waals surface area contributed by atoms with Crippen molar-refractivity contribution in [3.8, 4) is 0 Å². The third-order valence-electron chi connectivity index (χ3n) is 3.51. The van der Waals surface area contributed by atoms with Crippen molar-refractivity contribution in [1.82, 2.24) is 10.8 Å². The van der Waals surface area contributed by atoms with Gasteiger partial charge in [-0.05, 0) is 35.2 Å². The Labute approximate surface area is 162 Å². The number of likely N-dealkylation sites (N-methyl/N-ethyl adjacent to an activating group) is 1. The van der Waals surface area contributed by atoms with Crippen molar-refractivity contribution in [3.05, 3.63) is 76.8 Å². The van der Waals surface area contributed by atoms with Gasteiger partial charge >= 0.3 is 0 Å². The fourth-order valence-corrected chi connectivity index (χ4v) is 2.70. The van der Waals surface area contributed by atoms with E-state index in [9.17, 15) is 4.79 Å². The van der Waals surface area contributed by atoms with E-state index in [4.69, 9.17) is 16.4 Å². The third-order valence-corrected chi connectivity index (χ3v) is 4.13. The zero-order valence-electron chi connectivity index (χ0n) is 14.6. The Bertz CT molecular complexity index is 807. The minimum absolute atomic E-state index is 0.243. The highest BCUT2D eigenvalue weighted by atomic mass is 35.5. The van der Waals surface area contributed by atoms with Crippen LogP contribution in [0.25, 0.3) is 5.70 Å². The molecule has 0 aromatic heterocycles. The smallest absolute Gasteiger partial charge is 0.270 e. The maximum absolute atomic E-state index is 12.1. The molecular formula is C19H20ClN3O2S. The first-order valence-electron chi connectivity index (χ1n) is 7.81. The Morgan fingerprint density at radius 3 is 2.58 bits per heavy atom. The Kier molecular flexibility index (Phi) is 7.72. The van der Waals surface area contributed by atoms with Crippen molar-refractivity contribution < 1.29 is 9.63 Å². The van der Waals surface area contributed by atoms with Crippen LogP contribution in [-0.2, 0) is 16.2 Å². The number of amides is 1. The van der Waals surface area contributed by atoms with E-state index >= 15 is 0 Å². The van der Waals surface area contributed by atoms with Crippen LogP contribution in [0.4, 0.5) is 0 Å². The molecule has 2 N–H and O–H groups in total. The lowest BCUT2D eigenvalue weighted by atomic mass is 10.0. The normalized spacial score (nSPS) is 11.1. The molecule has 0 saturated carbocycles. The van der Waals surface area contributed by atoms with E-state index in [1.807, 2.05) is 36.4 Å². The summed E-state index contributed by atoms with van der Waals surface area (Å²) in [6.07, 6.45) is 1.81. The summed E-state index contributed by atoms with van der Waals surface area (Å²) in [4.78, 5) is 17.7. The van der Waals surface area contributed by atoms with Gasteiger partial charge in [-0.15, -0.1) is 0 Å². The highest BCUT2D eigenvalue weighted by Gasteiger charge is 2.16. The lowest BCUT2D eigenvalue weighted by Gasteiger charge is -2.13. The molecule has 5 nitrogen and oxygen atoms in total. The number of carbonyl (C=O) groups excluding carboxylic acids is 1. The molecule has 0 bridgehead atoms. The van der Waals surface area contributed by atoms with Crippen molar-refractivity contribution in [2.24, 2.45) is 4.40 Å². The van der Waals surface area contributed by atoms with Gasteiger partial charge in [-0.25, -0.2) is 4.40 Å². The van der Waals surface area contributed by atoms with Gasteiger partial charge in [-0.1, -0.05) is 54.6 Å². The summed E-state index contributed by atoms with van der Waals surface area (Å²) in [5, 5.41) is 3.27. The van der Waals surface area contributed by atoms with Crippen LogP contribution in [0.2, 0.25) is 5.02 Å². The second-order valence-electron chi connectivity index (χ2n) is 5.23. The topological polar surface area (TPSA) is 62.7 Å². The molecule has 7 heteroatoms. The molecule has 2 aromatic carbocycles. The molecule has 0 aliphatic heterocycles. The van der Waals surface area contributed by atoms with Gasteiger partial charge in [0.25, 0.3) is 5.91 Å². The number of hydroxylamine groups is 1. The predicted octanol–water partition coefficient (Wildman–Crippen LogP) is 3.85. The molecule has 1 amide bonds. The van der Waals surface area contributed by atoms with Crippen LogP contribution in [0.15, 0.2) is 59.5 Å². The van der Waals surface area contributed by atoms with Crippen LogP contribution < -0.4 is 10.8 Å². The van der Waals surface area contributed by atoms with Crippen LogP contribution in [0.1, 0.15) is 16.7 Å². The van der Waals surface area contributed by atoms with Gasteiger partial charge in [0, 0.05) is 23.9 Å². The molecule has 0 atom stereocenters. The number of benzene rings is 2. The van der Waals surface area contributed by atoms with Gasteiger partial charge in [0.15, 0.2) is 0 Å². The average Bonchev–Trinajstić information content (AvgIpc) is 2.66. The Balaban J connectivity index is 2.08. The van der Waals surface area contributed by atoms with Crippen molar-refractivity contribution in [2.45, 2.75) is 6.61 Å². The number of rotatable bonds is 8. The molecule has 0 aliphatic rings. The van der Waals surface area contributed by atoms with E-state index < -0.39 is 0 Å². The molecule has 0 spiro atoms. The summed E-state index contributed by atoms with van der Waals surface area (Å²) in [5.74, 6) is -0.245. The molecule has 0 unspecified atom stereocenters. The van der Waals surface area contributed by atoms with Crippen molar-refractivity contribution in [2.75, 3.05) is 13.3 Å². The number of nitrogens with one attached hydrogen (secondary N) is 2. The van der Waals surface area contributed by atoms with E-state index in [1.54, 1.807) is 25.4 Å². The number of hydrogen-bond donors (Lipinski definition) is 2. The SMILES string of the molecule is C=C(NOCc1ccccc1C(=NSC)C(=O)NC)c1ccc(Cl)cc1. The summed E-state index contributed by atoms with van der Waals surface area (Å²) in [6, 6.07) is 14.8. The Morgan fingerprint density at radius 1 is 1.23 bits per heavy atom. The Hall–Kier alpha value is -2.28. The first-order chi connectivity index (χ1) is 12.6. The average molecular weight is 390 g/mol. The van der Waals surface area contributed by atoms with Crippen molar-refractivity contribution >= 4 is 40.9 Å². The van der Waals surface area contributed by atoms with Gasteiger partial charge in [0.05, 0.1) is 5.70 Å². The number of carbonyl (C=O) groups is 1. The number of halogens is 1. The molecule has 0 fully saturated rings. The molecule has 26 heavy (non-hydrogen) atoms. The van der Waals surface area contributed by atoms with Gasteiger partial charge in [-0.3, -0.25) is 15.1 Å². The van der Waals surface area contributed by atoms with Gasteiger partial charge in [0.2, 0.25) is 0 Å². The third kappa shape index (κ3) is 5.36. The lowest BCUT2D eigenvalue weighted by molar-refractivity contribution is -0.114. The second kappa shape index (κ2) is 10.0.